The van der Waals surface area contributed by atoms with Gasteiger partial charge in [0.05, 0.1) is 5.92 Å². The molecule has 17 heavy (non-hydrogen) atoms. The number of carbonyl (C=O) groups excluding carboxylic acids is 1. The van der Waals surface area contributed by atoms with Gasteiger partial charge >= 0.3 is 5.97 Å². The van der Waals surface area contributed by atoms with Gasteiger partial charge in [0.25, 0.3) is 0 Å². The van der Waals surface area contributed by atoms with Gasteiger partial charge in [-0.3, -0.25) is 9.59 Å². The second-order valence-corrected chi connectivity index (χ2v) is 6.52. The van der Waals surface area contributed by atoms with Crippen LogP contribution in [0.2, 0.25) is 0 Å². The van der Waals surface area contributed by atoms with Crippen molar-refractivity contribution >= 4 is 11.9 Å². The Balaban J connectivity index is 2.08. The van der Waals surface area contributed by atoms with Crippen LogP contribution < -0.4 is 0 Å². The maximum Gasteiger partial charge on any atom is 0.308 e. The SMILES string of the molecule is CC(C)(C)CC(=O)N1C2CCC1C(C(=O)O)C2. The molecular weight excluding hydrogens is 218 g/mol. The van der Waals surface area contributed by atoms with Crippen LogP contribution in [0.3, 0.4) is 0 Å². The van der Waals surface area contributed by atoms with Crippen LogP contribution in [0.15, 0.2) is 0 Å². The second-order valence-electron chi connectivity index (χ2n) is 6.52. The Labute approximate surface area is 102 Å². The highest BCUT2D eigenvalue weighted by atomic mass is 16.4. The van der Waals surface area contributed by atoms with Gasteiger partial charge in [0.15, 0.2) is 0 Å². The summed E-state index contributed by atoms with van der Waals surface area (Å²) in [5, 5.41) is 9.13. The molecule has 0 saturated carbocycles. The van der Waals surface area contributed by atoms with Gasteiger partial charge in [-0.25, -0.2) is 0 Å². The van der Waals surface area contributed by atoms with E-state index in [1.54, 1.807) is 0 Å². The van der Waals surface area contributed by atoms with Crippen LogP contribution in [-0.2, 0) is 9.59 Å². The Hall–Kier alpha value is -1.06. The first-order valence-electron chi connectivity index (χ1n) is 6.33. The maximum absolute atomic E-state index is 12.2. The smallest absolute Gasteiger partial charge is 0.308 e. The van der Waals surface area contributed by atoms with E-state index in [-0.39, 0.29) is 29.3 Å². The van der Waals surface area contributed by atoms with Crippen molar-refractivity contribution in [2.45, 2.75) is 58.5 Å². The van der Waals surface area contributed by atoms with Crippen LogP contribution >= 0.6 is 0 Å². The number of nitrogens with zero attached hydrogens (tertiary/aromatic N) is 1. The van der Waals surface area contributed by atoms with E-state index in [4.69, 9.17) is 5.11 Å². The first-order chi connectivity index (χ1) is 7.79. The topological polar surface area (TPSA) is 57.6 Å². The number of aliphatic carboxylic acids is 1. The number of carboxylic acid groups (broad SMARTS) is 1. The number of fused-ring (bicyclic) bond motifs is 2. The zero-order valence-electron chi connectivity index (χ0n) is 10.8. The molecule has 2 fully saturated rings. The lowest BCUT2D eigenvalue weighted by molar-refractivity contribution is -0.143. The number of rotatable bonds is 2. The van der Waals surface area contributed by atoms with E-state index < -0.39 is 5.97 Å². The highest BCUT2D eigenvalue weighted by molar-refractivity contribution is 5.81. The summed E-state index contributed by atoms with van der Waals surface area (Å²) in [7, 11) is 0. The molecule has 0 radical (unpaired) electrons. The van der Waals surface area contributed by atoms with Crippen molar-refractivity contribution in [1.29, 1.82) is 0 Å². The standard InChI is InChI=1S/C13H21NO3/c1-13(2,3)7-11(15)14-8-4-5-10(14)9(6-8)12(16)17/h8-10H,4-7H2,1-3H3,(H,16,17). The Morgan fingerprint density at radius 3 is 2.41 bits per heavy atom. The Kier molecular flexibility index (Phi) is 2.92. The molecule has 2 heterocycles. The van der Waals surface area contributed by atoms with Crippen LogP contribution in [0, 0.1) is 11.3 Å². The molecule has 3 unspecified atom stereocenters. The summed E-state index contributed by atoms with van der Waals surface area (Å²) in [6, 6.07) is 0.128. The summed E-state index contributed by atoms with van der Waals surface area (Å²) < 4.78 is 0. The van der Waals surface area contributed by atoms with Gasteiger partial charge in [0, 0.05) is 18.5 Å². The third-order valence-corrected chi connectivity index (χ3v) is 3.82. The van der Waals surface area contributed by atoms with Gasteiger partial charge in [0.2, 0.25) is 5.91 Å². The van der Waals surface area contributed by atoms with E-state index >= 15 is 0 Å². The Morgan fingerprint density at radius 1 is 1.29 bits per heavy atom. The van der Waals surface area contributed by atoms with Crippen molar-refractivity contribution in [2.24, 2.45) is 11.3 Å². The van der Waals surface area contributed by atoms with Gasteiger partial charge in [-0.1, -0.05) is 20.8 Å². The van der Waals surface area contributed by atoms with Crippen molar-refractivity contribution < 1.29 is 14.7 Å². The number of amides is 1. The molecule has 1 amide bonds. The molecular formula is C13H21NO3. The molecule has 0 aromatic heterocycles. The minimum atomic E-state index is -0.745. The molecule has 0 aliphatic carbocycles. The highest BCUT2D eigenvalue weighted by Crippen LogP contribution is 2.42. The van der Waals surface area contributed by atoms with Gasteiger partial charge in [-0.15, -0.1) is 0 Å². The maximum atomic E-state index is 12.2. The van der Waals surface area contributed by atoms with E-state index in [1.807, 2.05) is 25.7 Å². The summed E-state index contributed by atoms with van der Waals surface area (Å²) in [6.07, 6.45) is 2.99. The summed E-state index contributed by atoms with van der Waals surface area (Å²) in [6.45, 7) is 6.12. The molecule has 2 saturated heterocycles. The minimum Gasteiger partial charge on any atom is -0.481 e. The first kappa shape index (κ1) is 12.4. The van der Waals surface area contributed by atoms with E-state index in [0.717, 1.165) is 12.8 Å². The molecule has 0 spiro atoms. The Bertz CT molecular complexity index is 345. The molecule has 4 nitrogen and oxygen atoms in total. The zero-order valence-corrected chi connectivity index (χ0v) is 10.8. The lowest BCUT2D eigenvalue weighted by atomic mass is 9.89. The normalized spacial score (nSPS) is 31.9. The lowest BCUT2D eigenvalue weighted by Gasteiger charge is -2.27. The molecule has 2 rings (SSSR count). The molecule has 0 aromatic carbocycles. The average Bonchev–Trinajstić information content (AvgIpc) is 2.70. The first-order valence-corrected chi connectivity index (χ1v) is 6.33. The molecule has 96 valence electrons. The van der Waals surface area contributed by atoms with Crippen LogP contribution in [0.4, 0.5) is 0 Å². The lowest BCUT2D eigenvalue weighted by Crippen LogP contribution is -2.39. The van der Waals surface area contributed by atoms with Crippen LogP contribution in [-0.4, -0.2) is 34.0 Å². The molecule has 2 aliphatic heterocycles. The number of hydrogen-bond donors (Lipinski definition) is 1. The fourth-order valence-electron chi connectivity index (χ4n) is 3.19. The predicted octanol–water partition coefficient (Wildman–Crippen LogP) is 1.89. The van der Waals surface area contributed by atoms with Crippen molar-refractivity contribution in [3.05, 3.63) is 0 Å². The number of carbonyl (C=O) groups is 2. The van der Waals surface area contributed by atoms with Crippen molar-refractivity contribution in [3.63, 3.8) is 0 Å². The quantitative estimate of drug-likeness (QED) is 0.800. The highest BCUT2D eigenvalue weighted by Gasteiger charge is 2.51. The predicted molar refractivity (Wildman–Crippen MR) is 63.5 cm³/mol. The molecule has 3 atom stereocenters. The van der Waals surface area contributed by atoms with E-state index in [2.05, 4.69) is 0 Å². The van der Waals surface area contributed by atoms with Gasteiger partial charge in [-0.05, 0) is 24.7 Å². The third-order valence-electron chi connectivity index (χ3n) is 3.82. The summed E-state index contributed by atoms with van der Waals surface area (Å²) >= 11 is 0. The van der Waals surface area contributed by atoms with E-state index in [1.165, 1.54) is 0 Å². The Morgan fingerprint density at radius 2 is 1.94 bits per heavy atom. The van der Waals surface area contributed by atoms with Gasteiger partial charge in [0.1, 0.15) is 0 Å². The van der Waals surface area contributed by atoms with E-state index in [9.17, 15) is 9.59 Å². The van der Waals surface area contributed by atoms with Crippen molar-refractivity contribution in [2.75, 3.05) is 0 Å². The summed E-state index contributed by atoms with van der Waals surface area (Å²) in [4.78, 5) is 25.2. The number of hydrogen-bond acceptors (Lipinski definition) is 2. The molecule has 1 N–H and O–H groups in total. The largest absolute Gasteiger partial charge is 0.481 e. The second kappa shape index (κ2) is 4.00. The minimum absolute atomic E-state index is 0.0299. The molecule has 2 bridgehead atoms. The van der Waals surface area contributed by atoms with Crippen LogP contribution in [0.5, 0.6) is 0 Å². The molecule has 0 aromatic rings. The van der Waals surface area contributed by atoms with Gasteiger partial charge < -0.3 is 10.0 Å². The molecule has 4 heteroatoms. The summed E-state index contributed by atoms with van der Waals surface area (Å²) in [5.74, 6) is -0.947. The van der Waals surface area contributed by atoms with Crippen molar-refractivity contribution in [3.8, 4) is 0 Å². The molecule has 2 aliphatic rings. The van der Waals surface area contributed by atoms with Gasteiger partial charge in [-0.2, -0.15) is 0 Å². The average molecular weight is 239 g/mol. The number of carboxylic acids is 1. The van der Waals surface area contributed by atoms with Crippen LogP contribution in [0.1, 0.15) is 46.5 Å². The fourth-order valence-corrected chi connectivity index (χ4v) is 3.19. The monoisotopic (exact) mass is 239 g/mol. The fraction of sp³-hybridized carbons (Fsp3) is 0.846. The van der Waals surface area contributed by atoms with E-state index in [0.29, 0.717) is 12.8 Å². The summed E-state index contributed by atoms with van der Waals surface area (Å²) in [5.41, 5.74) is -0.0299. The van der Waals surface area contributed by atoms with Crippen LogP contribution in [0.25, 0.3) is 0 Å². The third kappa shape index (κ3) is 2.31. The zero-order chi connectivity index (χ0) is 12.8. The van der Waals surface area contributed by atoms with Crippen molar-refractivity contribution in [1.82, 2.24) is 4.90 Å².